The summed E-state index contributed by atoms with van der Waals surface area (Å²) >= 11 is 0. The normalized spacial score (nSPS) is 10.8. The maximum Gasteiger partial charge on any atom is 0.254 e. The fourth-order valence-corrected chi connectivity index (χ4v) is 2.69. The number of hydrogen-bond donors (Lipinski definition) is 2. The molecule has 0 aliphatic heterocycles. The molecule has 0 unspecified atom stereocenters. The third-order valence-corrected chi connectivity index (χ3v) is 3.85. The van der Waals surface area contributed by atoms with E-state index in [0.717, 1.165) is 12.1 Å². The summed E-state index contributed by atoms with van der Waals surface area (Å²) in [5.74, 6) is -0.144. The van der Waals surface area contributed by atoms with Gasteiger partial charge >= 0.3 is 0 Å². The number of benzene rings is 1. The molecule has 2 aromatic heterocycles. The molecule has 2 N–H and O–H groups in total. The average Bonchev–Trinajstić information content (AvgIpc) is 2.86. The van der Waals surface area contributed by atoms with E-state index >= 15 is 0 Å². The van der Waals surface area contributed by atoms with Crippen molar-refractivity contribution in [2.45, 2.75) is 20.3 Å². The zero-order valence-electron chi connectivity index (χ0n) is 12.7. The van der Waals surface area contributed by atoms with Gasteiger partial charge < -0.3 is 10.3 Å². The van der Waals surface area contributed by atoms with E-state index in [1.54, 1.807) is 0 Å². The first-order chi connectivity index (χ1) is 10.7. The molecule has 5 heteroatoms. The number of carbonyl (C=O) groups is 1. The minimum absolute atomic E-state index is 0.144. The molecule has 0 radical (unpaired) electrons. The monoisotopic (exact) mass is 294 g/mol. The summed E-state index contributed by atoms with van der Waals surface area (Å²) in [7, 11) is 0. The van der Waals surface area contributed by atoms with E-state index in [1.807, 2.05) is 0 Å². The summed E-state index contributed by atoms with van der Waals surface area (Å²) in [4.78, 5) is 23.1. The molecule has 5 nitrogen and oxygen atoms in total. The number of H-pyrrole nitrogens is 1. The molecular weight excluding hydrogens is 276 g/mol. The fraction of sp³-hybridized carbons (Fsp3) is 0.235. The molecule has 0 spiro atoms. The number of rotatable bonds is 4. The van der Waals surface area contributed by atoms with Crippen LogP contribution in [0.25, 0.3) is 10.9 Å². The third-order valence-electron chi connectivity index (χ3n) is 3.85. The highest BCUT2D eigenvalue weighted by Gasteiger charge is 2.10. The van der Waals surface area contributed by atoms with Gasteiger partial charge in [0.2, 0.25) is 0 Å². The zero-order chi connectivity index (χ0) is 15.5. The quantitative estimate of drug-likeness (QED) is 0.777. The van der Waals surface area contributed by atoms with Crippen molar-refractivity contribution in [1.82, 2.24) is 20.3 Å². The van der Waals surface area contributed by atoms with Gasteiger partial charge in [-0.15, -0.1) is 0 Å². The van der Waals surface area contributed by atoms with Crippen molar-refractivity contribution in [2.75, 3.05) is 6.54 Å². The molecule has 0 aliphatic carbocycles. The molecule has 0 atom stereocenters. The first kappa shape index (κ1) is 14.3. The molecular formula is C17H18N4O. The van der Waals surface area contributed by atoms with Crippen molar-refractivity contribution in [3.05, 3.63) is 59.3 Å². The second kappa shape index (κ2) is 5.97. The summed E-state index contributed by atoms with van der Waals surface area (Å²) in [5, 5.41) is 4.14. The van der Waals surface area contributed by atoms with Crippen LogP contribution in [0.4, 0.5) is 0 Å². The second-order valence-electron chi connectivity index (χ2n) is 5.36. The Morgan fingerprint density at radius 2 is 2.00 bits per heavy atom. The summed E-state index contributed by atoms with van der Waals surface area (Å²) in [6, 6.07) is 6.28. The number of para-hydroxylation sites is 1. The lowest BCUT2D eigenvalue weighted by atomic mass is 10.1. The molecule has 2 heterocycles. The largest absolute Gasteiger partial charge is 0.358 e. The molecule has 112 valence electrons. The van der Waals surface area contributed by atoms with Crippen LogP contribution in [0.15, 0.2) is 36.9 Å². The lowest BCUT2D eigenvalue weighted by Crippen LogP contribution is -2.26. The summed E-state index contributed by atoms with van der Waals surface area (Å²) in [5.41, 5.74) is 5.30. The first-order valence-electron chi connectivity index (χ1n) is 7.27. The number of amides is 1. The van der Waals surface area contributed by atoms with Crippen LogP contribution >= 0.6 is 0 Å². The van der Waals surface area contributed by atoms with Crippen LogP contribution in [0, 0.1) is 13.8 Å². The Balaban J connectivity index is 1.71. The highest BCUT2D eigenvalue weighted by atomic mass is 16.1. The average molecular weight is 294 g/mol. The van der Waals surface area contributed by atoms with E-state index in [2.05, 4.69) is 52.3 Å². The van der Waals surface area contributed by atoms with Crippen LogP contribution < -0.4 is 5.32 Å². The number of aryl methyl sites for hydroxylation is 2. The van der Waals surface area contributed by atoms with Crippen LogP contribution in [0.1, 0.15) is 27.2 Å². The predicted octanol–water partition coefficient (Wildman–Crippen LogP) is 2.55. The maximum atomic E-state index is 12.0. The smallest absolute Gasteiger partial charge is 0.254 e. The maximum absolute atomic E-state index is 12.0. The number of aromatic amines is 1. The Morgan fingerprint density at radius 3 is 2.77 bits per heavy atom. The molecule has 0 saturated carbocycles. The third kappa shape index (κ3) is 2.70. The van der Waals surface area contributed by atoms with Crippen LogP contribution in [0.2, 0.25) is 0 Å². The van der Waals surface area contributed by atoms with Gasteiger partial charge in [-0.25, -0.2) is 9.97 Å². The molecule has 22 heavy (non-hydrogen) atoms. The van der Waals surface area contributed by atoms with Gasteiger partial charge in [0, 0.05) is 35.5 Å². The predicted molar refractivity (Wildman–Crippen MR) is 85.8 cm³/mol. The minimum atomic E-state index is -0.144. The van der Waals surface area contributed by atoms with Crippen molar-refractivity contribution in [2.24, 2.45) is 0 Å². The number of hydrogen-bond acceptors (Lipinski definition) is 3. The highest BCUT2D eigenvalue weighted by molar-refractivity contribution is 5.93. The van der Waals surface area contributed by atoms with Crippen LogP contribution in [-0.4, -0.2) is 27.4 Å². The number of carbonyl (C=O) groups excluding carboxylic acids is 1. The Bertz CT molecular complexity index is 808. The number of nitrogens with zero attached hydrogens (tertiary/aromatic N) is 2. The van der Waals surface area contributed by atoms with Crippen molar-refractivity contribution in [3.63, 3.8) is 0 Å². The molecule has 3 aromatic rings. The standard InChI is InChI=1S/C17H18N4O/c1-11-4-3-5-15-14(12(2)21-16(11)15)6-7-20-17(22)13-8-18-10-19-9-13/h3-5,8-10,21H,6-7H2,1-2H3,(H,20,22). The minimum Gasteiger partial charge on any atom is -0.358 e. The molecule has 3 rings (SSSR count). The van der Waals surface area contributed by atoms with Crippen molar-refractivity contribution < 1.29 is 4.79 Å². The van der Waals surface area contributed by atoms with Gasteiger partial charge in [0.1, 0.15) is 6.33 Å². The van der Waals surface area contributed by atoms with Gasteiger partial charge in [-0.05, 0) is 31.4 Å². The topological polar surface area (TPSA) is 70.7 Å². The Labute approximate surface area is 128 Å². The molecule has 0 bridgehead atoms. The molecule has 0 aliphatic rings. The van der Waals surface area contributed by atoms with E-state index in [0.29, 0.717) is 12.1 Å². The SMILES string of the molecule is Cc1[nH]c2c(C)cccc2c1CCNC(=O)c1cncnc1. The van der Waals surface area contributed by atoms with Crippen molar-refractivity contribution >= 4 is 16.8 Å². The van der Waals surface area contributed by atoms with Crippen LogP contribution in [0.5, 0.6) is 0 Å². The summed E-state index contributed by atoms with van der Waals surface area (Å²) in [6.07, 6.45) is 5.23. The van der Waals surface area contributed by atoms with E-state index < -0.39 is 0 Å². The fourth-order valence-electron chi connectivity index (χ4n) is 2.69. The molecule has 1 aromatic carbocycles. The summed E-state index contributed by atoms with van der Waals surface area (Å²) < 4.78 is 0. The van der Waals surface area contributed by atoms with Gasteiger partial charge in [-0.1, -0.05) is 18.2 Å². The van der Waals surface area contributed by atoms with Gasteiger partial charge in [0.15, 0.2) is 0 Å². The lowest BCUT2D eigenvalue weighted by molar-refractivity contribution is 0.0953. The summed E-state index contributed by atoms with van der Waals surface area (Å²) in [6.45, 7) is 4.75. The van der Waals surface area contributed by atoms with Gasteiger partial charge in [-0.2, -0.15) is 0 Å². The molecule has 1 amide bonds. The highest BCUT2D eigenvalue weighted by Crippen LogP contribution is 2.24. The van der Waals surface area contributed by atoms with Crippen molar-refractivity contribution in [1.29, 1.82) is 0 Å². The van der Waals surface area contributed by atoms with Gasteiger partial charge in [0.05, 0.1) is 5.56 Å². The lowest BCUT2D eigenvalue weighted by Gasteiger charge is -2.05. The van der Waals surface area contributed by atoms with Gasteiger partial charge in [0.25, 0.3) is 5.91 Å². The number of fused-ring (bicyclic) bond motifs is 1. The van der Waals surface area contributed by atoms with E-state index in [1.165, 1.54) is 40.8 Å². The van der Waals surface area contributed by atoms with Crippen LogP contribution in [-0.2, 0) is 6.42 Å². The second-order valence-corrected chi connectivity index (χ2v) is 5.36. The number of aromatic nitrogens is 3. The van der Waals surface area contributed by atoms with Gasteiger partial charge in [-0.3, -0.25) is 4.79 Å². The molecule has 0 fully saturated rings. The van der Waals surface area contributed by atoms with Crippen molar-refractivity contribution in [3.8, 4) is 0 Å². The van der Waals surface area contributed by atoms with E-state index in [4.69, 9.17) is 0 Å². The van der Waals surface area contributed by atoms with Crippen LogP contribution in [0.3, 0.4) is 0 Å². The Morgan fingerprint density at radius 1 is 1.23 bits per heavy atom. The zero-order valence-corrected chi connectivity index (χ0v) is 12.7. The number of nitrogens with one attached hydrogen (secondary N) is 2. The Kier molecular flexibility index (Phi) is 3.87. The Hall–Kier alpha value is -2.69. The molecule has 0 saturated heterocycles. The van der Waals surface area contributed by atoms with E-state index in [-0.39, 0.29) is 5.91 Å². The first-order valence-corrected chi connectivity index (χ1v) is 7.27. The van der Waals surface area contributed by atoms with E-state index in [9.17, 15) is 4.79 Å².